The Bertz CT molecular complexity index is 290. The van der Waals surface area contributed by atoms with E-state index in [0.717, 1.165) is 13.0 Å². The first-order chi connectivity index (χ1) is 12.8. The molecule has 0 saturated heterocycles. The number of aliphatic hydroxyl groups is 3. The maximum atomic E-state index is 8.92. The van der Waals surface area contributed by atoms with Crippen LogP contribution in [0.25, 0.3) is 0 Å². The maximum absolute atomic E-state index is 8.92. The highest BCUT2D eigenvalue weighted by atomic mass is 16.5. The summed E-state index contributed by atoms with van der Waals surface area (Å²) in [6.07, 6.45) is 2.95. The largest absolute Gasteiger partial charge is 0.394 e. The van der Waals surface area contributed by atoms with Gasteiger partial charge in [-0.05, 0) is 41.0 Å². The van der Waals surface area contributed by atoms with Crippen molar-refractivity contribution < 1.29 is 34.3 Å². The molecule has 0 saturated carbocycles. The van der Waals surface area contributed by atoms with Gasteiger partial charge in [-0.3, -0.25) is 0 Å². The van der Waals surface area contributed by atoms with Gasteiger partial charge in [-0.1, -0.05) is 19.8 Å². The van der Waals surface area contributed by atoms with E-state index in [1.165, 1.54) is 12.8 Å². The first-order valence-corrected chi connectivity index (χ1v) is 10.1. The van der Waals surface area contributed by atoms with E-state index in [1.807, 2.05) is 20.8 Å². The molecule has 0 fully saturated rings. The third kappa shape index (κ3) is 23.7. The van der Waals surface area contributed by atoms with Gasteiger partial charge in [0.2, 0.25) is 0 Å². The van der Waals surface area contributed by atoms with Crippen molar-refractivity contribution in [3.63, 3.8) is 0 Å². The number of hydrogen-bond donors (Lipinski definition) is 3. The van der Waals surface area contributed by atoms with Crippen LogP contribution >= 0.6 is 0 Å². The van der Waals surface area contributed by atoms with Crippen LogP contribution in [0.3, 0.4) is 0 Å². The van der Waals surface area contributed by atoms with Gasteiger partial charge in [-0.15, -0.1) is 0 Å². The molecule has 5 atom stereocenters. The highest BCUT2D eigenvalue weighted by Crippen LogP contribution is 2.00. The molecule has 0 amide bonds. The van der Waals surface area contributed by atoms with Crippen LogP contribution in [0.2, 0.25) is 0 Å². The number of aliphatic hydroxyl groups excluding tert-OH is 3. The Kier molecular flexibility index (Phi) is 21.9. The van der Waals surface area contributed by atoms with E-state index in [0.29, 0.717) is 19.8 Å². The molecule has 7 heteroatoms. The van der Waals surface area contributed by atoms with Crippen molar-refractivity contribution in [2.24, 2.45) is 0 Å². The number of hydrogen-bond acceptors (Lipinski definition) is 7. The average molecular weight is 397 g/mol. The van der Waals surface area contributed by atoms with Crippen LogP contribution in [0, 0.1) is 0 Å². The highest BCUT2D eigenvalue weighted by Gasteiger charge is 2.07. The fraction of sp³-hybridized carbons (Fsp3) is 1.00. The van der Waals surface area contributed by atoms with Gasteiger partial charge in [-0.25, -0.2) is 0 Å². The molecule has 0 spiro atoms. The molecule has 3 N–H and O–H groups in total. The maximum Gasteiger partial charge on any atom is 0.0781 e. The molecule has 5 unspecified atom stereocenters. The van der Waals surface area contributed by atoms with Gasteiger partial charge in [0, 0.05) is 6.61 Å². The third-order valence-corrected chi connectivity index (χ3v) is 3.52. The summed E-state index contributed by atoms with van der Waals surface area (Å²) in [6.45, 7) is 13.6. The van der Waals surface area contributed by atoms with Crippen molar-refractivity contribution in [1.82, 2.24) is 0 Å². The lowest BCUT2D eigenvalue weighted by molar-refractivity contribution is -0.0620. The Morgan fingerprint density at radius 3 is 1.48 bits per heavy atom. The molecule has 0 bridgehead atoms. The quantitative estimate of drug-likeness (QED) is 0.344. The van der Waals surface area contributed by atoms with Gasteiger partial charge in [0.05, 0.1) is 63.6 Å². The summed E-state index contributed by atoms with van der Waals surface area (Å²) in [5.41, 5.74) is 0. The normalized spacial score (nSPS) is 16.8. The van der Waals surface area contributed by atoms with Gasteiger partial charge < -0.3 is 34.3 Å². The van der Waals surface area contributed by atoms with Crippen LogP contribution in [0.5, 0.6) is 0 Å². The van der Waals surface area contributed by atoms with E-state index in [-0.39, 0.29) is 37.6 Å². The van der Waals surface area contributed by atoms with E-state index in [2.05, 4.69) is 6.92 Å². The van der Waals surface area contributed by atoms with Crippen molar-refractivity contribution in [1.29, 1.82) is 0 Å². The fourth-order valence-corrected chi connectivity index (χ4v) is 1.74. The van der Waals surface area contributed by atoms with Crippen molar-refractivity contribution in [3.05, 3.63) is 0 Å². The smallest absolute Gasteiger partial charge is 0.0781 e. The minimum atomic E-state index is -0.447. The van der Waals surface area contributed by atoms with Crippen molar-refractivity contribution in [2.45, 2.75) is 91.3 Å². The lowest BCUT2D eigenvalue weighted by atomic mass is 10.3. The first-order valence-electron chi connectivity index (χ1n) is 10.1. The van der Waals surface area contributed by atoms with Crippen LogP contribution in [0.4, 0.5) is 0 Å². The molecule has 7 nitrogen and oxygen atoms in total. The zero-order chi connectivity index (χ0) is 21.1. The first kappa shape index (κ1) is 28.9. The van der Waals surface area contributed by atoms with Gasteiger partial charge in [0.1, 0.15) is 0 Å². The second-order valence-electron chi connectivity index (χ2n) is 7.03. The number of rotatable bonds is 16. The van der Waals surface area contributed by atoms with E-state index in [1.54, 1.807) is 13.8 Å². The minimum Gasteiger partial charge on any atom is -0.394 e. The van der Waals surface area contributed by atoms with Crippen LogP contribution < -0.4 is 0 Å². The second kappa shape index (κ2) is 20.5. The molecule has 0 rings (SSSR count). The van der Waals surface area contributed by atoms with Gasteiger partial charge in [0.15, 0.2) is 0 Å². The fourth-order valence-electron chi connectivity index (χ4n) is 1.74. The second-order valence-corrected chi connectivity index (χ2v) is 7.03. The predicted molar refractivity (Wildman–Crippen MR) is 107 cm³/mol. The summed E-state index contributed by atoms with van der Waals surface area (Å²) in [4.78, 5) is 0. The molecule has 0 aromatic heterocycles. The molecule has 166 valence electrons. The Morgan fingerprint density at radius 1 is 0.630 bits per heavy atom. The van der Waals surface area contributed by atoms with Crippen molar-refractivity contribution in [3.8, 4) is 0 Å². The summed E-state index contributed by atoms with van der Waals surface area (Å²) in [6, 6.07) is 0. The van der Waals surface area contributed by atoms with Crippen LogP contribution in [0.1, 0.15) is 60.8 Å². The van der Waals surface area contributed by atoms with Gasteiger partial charge in [-0.2, -0.15) is 0 Å². The summed E-state index contributed by atoms with van der Waals surface area (Å²) >= 11 is 0. The Hall–Kier alpha value is -0.280. The monoisotopic (exact) mass is 396 g/mol. The zero-order valence-corrected chi connectivity index (χ0v) is 18.2. The molecule has 0 aromatic carbocycles. The summed E-state index contributed by atoms with van der Waals surface area (Å²) in [5, 5.41) is 26.3. The average Bonchev–Trinajstić information content (AvgIpc) is 2.66. The van der Waals surface area contributed by atoms with E-state index < -0.39 is 6.10 Å². The molecule has 0 aliphatic rings. The Balaban J connectivity index is 0. The summed E-state index contributed by atoms with van der Waals surface area (Å²) < 4.78 is 21.3. The number of unbranched alkanes of at least 4 members (excludes halogenated alkanes) is 2. The zero-order valence-electron chi connectivity index (χ0n) is 18.2. The van der Waals surface area contributed by atoms with Crippen LogP contribution in [-0.2, 0) is 18.9 Å². The molecule has 0 aliphatic heterocycles. The molecule has 0 radical (unpaired) electrons. The summed E-state index contributed by atoms with van der Waals surface area (Å²) in [7, 11) is 0. The standard InChI is InChI=1S/C11H24O3.C9H20O4/c1-4-5-6-7-13-11(3)9-14-10(2)8-12;1-7(11)5-12-9(3)6-13-8(2)4-10/h10-12H,4-9H2,1-3H3;7-11H,4-6H2,1-3H3. The van der Waals surface area contributed by atoms with E-state index in [4.69, 9.17) is 34.3 Å². The molecule has 0 aromatic rings. The van der Waals surface area contributed by atoms with Crippen molar-refractivity contribution in [2.75, 3.05) is 39.6 Å². The van der Waals surface area contributed by atoms with Crippen molar-refractivity contribution >= 4 is 0 Å². The Morgan fingerprint density at radius 2 is 1.07 bits per heavy atom. The Labute approximate surface area is 166 Å². The van der Waals surface area contributed by atoms with Crippen LogP contribution in [0.15, 0.2) is 0 Å². The summed E-state index contributed by atoms with van der Waals surface area (Å²) in [5.74, 6) is 0. The SMILES string of the molecule is CC(O)COC(C)COC(C)CO.CCCCCOC(C)COC(C)CO. The topological polar surface area (TPSA) is 97.6 Å². The molecular formula is C20H44O7. The van der Waals surface area contributed by atoms with Gasteiger partial charge >= 0.3 is 0 Å². The predicted octanol–water partition coefficient (Wildman–Crippen LogP) is 2.15. The molecule has 27 heavy (non-hydrogen) atoms. The van der Waals surface area contributed by atoms with Gasteiger partial charge in [0.25, 0.3) is 0 Å². The third-order valence-electron chi connectivity index (χ3n) is 3.52. The highest BCUT2D eigenvalue weighted by molar-refractivity contribution is 4.53. The molecule has 0 heterocycles. The lowest BCUT2D eigenvalue weighted by Gasteiger charge is -2.16. The molecule has 0 aliphatic carbocycles. The van der Waals surface area contributed by atoms with Crippen LogP contribution in [-0.4, -0.2) is 85.5 Å². The number of ether oxygens (including phenoxy) is 4. The lowest BCUT2D eigenvalue weighted by Crippen LogP contribution is -2.24. The minimum absolute atomic E-state index is 0.0170. The van der Waals surface area contributed by atoms with E-state index in [9.17, 15) is 0 Å². The molecular weight excluding hydrogens is 352 g/mol. The van der Waals surface area contributed by atoms with E-state index >= 15 is 0 Å².